The van der Waals surface area contributed by atoms with Crippen LogP contribution in [-0.4, -0.2) is 14.7 Å². The summed E-state index contributed by atoms with van der Waals surface area (Å²) in [6.07, 6.45) is 1.57. The maximum absolute atomic E-state index is 11.0. The fourth-order valence-corrected chi connectivity index (χ4v) is 1.81. The Morgan fingerprint density at radius 3 is 2.95 bits per heavy atom. The normalized spacial score (nSPS) is 10.1. The molecule has 1 N–H and O–H groups in total. The summed E-state index contributed by atoms with van der Waals surface area (Å²) in [4.78, 5) is 10.5. The van der Waals surface area contributed by atoms with Gasteiger partial charge in [0.15, 0.2) is 5.82 Å². The van der Waals surface area contributed by atoms with Crippen molar-refractivity contribution in [3.63, 3.8) is 0 Å². The molecule has 2 rings (SSSR count). The highest BCUT2D eigenvalue weighted by atomic mass is 35.5. The average molecular weight is 292 g/mol. The molecule has 1 aromatic carbocycles. The molecule has 0 spiro atoms. The lowest BCUT2D eigenvalue weighted by molar-refractivity contribution is -0.383. The molecule has 0 fully saturated rings. The number of anilines is 2. The first kappa shape index (κ1) is 13.8. The van der Waals surface area contributed by atoms with E-state index in [1.807, 2.05) is 13.0 Å². The first-order chi connectivity index (χ1) is 9.55. The second-order valence-electron chi connectivity index (χ2n) is 3.90. The Bertz CT molecular complexity index is 704. The SMILES string of the molecule is CCn1cc(C#N)c(Nc2ccc(Cl)cc2[N+](=O)[O-])n1. The van der Waals surface area contributed by atoms with Crippen LogP contribution in [-0.2, 0) is 6.54 Å². The van der Waals surface area contributed by atoms with Gasteiger partial charge in [0, 0.05) is 23.8 Å². The van der Waals surface area contributed by atoms with Gasteiger partial charge in [-0.15, -0.1) is 0 Å². The molecule has 0 aliphatic carbocycles. The number of hydrogen-bond acceptors (Lipinski definition) is 5. The molecule has 0 aliphatic rings. The number of nitro groups is 1. The van der Waals surface area contributed by atoms with Crippen LogP contribution in [0, 0.1) is 21.4 Å². The van der Waals surface area contributed by atoms with Crippen LogP contribution in [0.15, 0.2) is 24.4 Å². The van der Waals surface area contributed by atoms with Crippen molar-refractivity contribution in [3.8, 4) is 6.07 Å². The van der Waals surface area contributed by atoms with Crippen LogP contribution in [0.5, 0.6) is 0 Å². The predicted octanol–water partition coefficient (Wildman–Crippen LogP) is 3.08. The maximum atomic E-state index is 11.0. The van der Waals surface area contributed by atoms with E-state index in [9.17, 15) is 10.1 Å². The van der Waals surface area contributed by atoms with E-state index in [1.165, 1.54) is 18.2 Å². The first-order valence-corrected chi connectivity index (χ1v) is 6.11. The second-order valence-corrected chi connectivity index (χ2v) is 4.34. The second kappa shape index (κ2) is 5.59. The Morgan fingerprint density at radius 1 is 1.60 bits per heavy atom. The van der Waals surface area contributed by atoms with E-state index in [-0.39, 0.29) is 22.2 Å². The third-order valence-corrected chi connectivity index (χ3v) is 2.85. The maximum Gasteiger partial charge on any atom is 0.294 e. The van der Waals surface area contributed by atoms with Crippen molar-refractivity contribution in [1.29, 1.82) is 5.26 Å². The van der Waals surface area contributed by atoms with Gasteiger partial charge in [-0.2, -0.15) is 10.4 Å². The van der Waals surface area contributed by atoms with E-state index in [1.54, 1.807) is 10.9 Å². The van der Waals surface area contributed by atoms with Gasteiger partial charge in [-0.3, -0.25) is 14.8 Å². The summed E-state index contributed by atoms with van der Waals surface area (Å²) in [5.41, 5.74) is 0.376. The molecule has 0 radical (unpaired) electrons. The van der Waals surface area contributed by atoms with Gasteiger partial charge in [-0.1, -0.05) is 11.6 Å². The fraction of sp³-hybridized carbons (Fsp3) is 0.167. The molecule has 0 unspecified atom stereocenters. The van der Waals surface area contributed by atoms with Gasteiger partial charge in [-0.05, 0) is 19.1 Å². The van der Waals surface area contributed by atoms with Gasteiger partial charge in [0.2, 0.25) is 0 Å². The van der Waals surface area contributed by atoms with Crippen molar-refractivity contribution in [3.05, 3.63) is 45.1 Å². The number of nitrogens with zero attached hydrogens (tertiary/aromatic N) is 4. The monoisotopic (exact) mass is 291 g/mol. The highest BCUT2D eigenvalue weighted by Crippen LogP contribution is 2.30. The number of nitriles is 1. The topological polar surface area (TPSA) is 96.8 Å². The van der Waals surface area contributed by atoms with E-state index in [0.717, 1.165) is 0 Å². The first-order valence-electron chi connectivity index (χ1n) is 5.73. The number of benzene rings is 1. The smallest absolute Gasteiger partial charge is 0.294 e. The highest BCUT2D eigenvalue weighted by molar-refractivity contribution is 6.30. The molecule has 1 heterocycles. The van der Waals surface area contributed by atoms with Gasteiger partial charge in [0.05, 0.1) is 4.92 Å². The molecule has 2 aromatic rings. The summed E-state index contributed by atoms with van der Waals surface area (Å²) in [5.74, 6) is 0.278. The molecule has 20 heavy (non-hydrogen) atoms. The Labute approximate surface area is 119 Å². The molecule has 8 heteroatoms. The highest BCUT2D eigenvalue weighted by Gasteiger charge is 2.17. The fourth-order valence-electron chi connectivity index (χ4n) is 1.65. The van der Waals surface area contributed by atoms with Crippen molar-refractivity contribution in [2.75, 3.05) is 5.32 Å². The third kappa shape index (κ3) is 2.70. The van der Waals surface area contributed by atoms with Crippen molar-refractivity contribution in [2.45, 2.75) is 13.5 Å². The van der Waals surface area contributed by atoms with Crippen molar-refractivity contribution in [2.24, 2.45) is 0 Å². The van der Waals surface area contributed by atoms with E-state index < -0.39 is 4.92 Å². The Kier molecular flexibility index (Phi) is 3.86. The number of halogens is 1. The Hall–Kier alpha value is -2.59. The number of aryl methyl sites for hydroxylation is 1. The zero-order valence-electron chi connectivity index (χ0n) is 10.5. The molecular weight excluding hydrogens is 282 g/mol. The Balaban J connectivity index is 2.42. The van der Waals surface area contributed by atoms with Crippen LogP contribution >= 0.6 is 11.6 Å². The minimum absolute atomic E-state index is 0.174. The minimum atomic E-state index is -0.545. The summed E-state index contributed by atoms with van der Waals surface area (Å²) >= 11 is 5.74. The number of nitro benzene ring substituents is 1. The molecule has 0 bridgehead atoms. The van der Waals surface area contributed by atoms with Crippen LogP contribution < -0.4 is 5.32 Å². The number of aromatic nitrogens is 2. The lowest BCUT2D eigenvalue weighted by atomic mass is 10.2. The largest absolute Gasteiger partial charge is 0.332 e. The molecular formula is C12H10ClN5O2. The van der Waals surface area contributed by atoms with Crippen molar-refractivity contribution < 1.29 is 4.92 Å². The van der Waals surface area contributed by atoms with Crippen LogP contribution in [0.2, 0.25) is 5.02 Å². The van der Waals surface area contributed by atoms with Gasteiger partial charge in [0.25, 0.3) is 5.69 Å². The zero-order valence-corrected chi connectivity index (χ0v) is 11.3. The summed E-state index contributed by atoms with van der Waals surface area (Å²) in [6, 6.07) is 6.24. The lowest BCUT2D eigenvalue weighted by Crippen LogP contribution is -2.00. The molecule has 0 saturated heterocycles. The summed E-state index contributed by atoms with van der Waals surface area (Å²) in [6.45, 7) is 2.47. The molecule has 1 aromatic heterocycles. The van der Waals surface area contributed by atoms with Crippen LogP contribution in [0.4, 0.5) is 17.2 Å². The molecule has 0 atom stereocenters. The molecule has 0 saturated carbocycles. The molecule has 0 amide bonds. The van der Waals surface area contributed by atoms with Crippen LogP contribution in [0.3, 0.4) is 0 Å². The predicted molar refractivity (Wildman–Crippen MR) is 74.0 cm³/mol. The zero-order chi connectivity index (χ0) is 14.7. The van der Waals surface area contributed by atoms with Crippen LogP contribution in [0.1, 0.15) is 12.5 Å². The van der Waals surface area contributed by atoms with E-state index in [2.05, 4.69) is 10.4 Å². The lowest BCUT2D eigenvalue weighted by Gasteiger charge is -2.05. The van der Waals surface area contributed by atoms with Gasteiger partial charge < -0.3 is 5.32 Å². The summed E-state index contributed by atoms with van der Waals surface area (Å²) < 4.78 is 1.57. The number of rotatable bonds is 4. The van der Waals surface area contributed by atoms with Crippen LogP contribution in [0.25, 0.3) is 0 Å². The van der Waals surface area contributed by atoms with E-state index in [4.69, 9.17) is 16.9 Å². The standard InChI is InChI=1S/C12H10ClN5O2/c1-2-17-7-8(6-14)12(16-17)15-10-4-3-9(13)5-11(10)18(19)20/h3-5,7H,2H2,1H3,(H,15,16). The van der Waals surface area contributed by atoms with Crippen molar-refractivity contribution >= 4 is 28.8 Å². The summed E-state index contributed by atoms with van der Waals surface area (Å²) in [5, 5.41) is 27.2. The molecule has 7 nitrogen and oxygen atoms in total. The van der Waals surface area contributed by atoms with Gasteiger partial charge >= 0.3 is 0 Å². The van der Waals surface area contributed by atoms with E-state index >= 15 is 0 Å². The van der Waals surface area contributed by atoms with Crippen molar-refractivity contribution in [1.82, 2.24) is 9.78 Å². The molecule has 0 aliphatic heterocycles. The number of hydrogen-bond donors (Lipinski definition) is 1. The van der Waals surface area contributed by atoms with Gasteiger partial charge in [-0.25, -0.2) is 0 Å². The average Bonchev–Trinajstić information content (AvgIpc) is 2.82. The quantitative estimate of drug-likeness (QED) is 0.689. The Morgan fingerprint density at radius 2 is 2.35 bits per heavy atom. The third-order valence-electron chi connectivity index (χ3n) is 2.62. The minimum Gasteiger partial charge on any atom is -0.332 e. The molecule has 102 valence electrons. The van der Waals surface area contributed by atoms with Gasteiger partial charge in [0.1, 0.15) is 17.3 Å². The van der Waals surface area contributed by atoms with E-state index in [0.29, 0.717) is 12.1 Å². The number of nitrogens with one attached hydrogen (secondary N) is 1. The summed E-state index contributed by atoms with van der Waals surface area (Å²) in [7, 11) is 0.